The highest BCUT2D eigenvalue weighted by molar-refractivity contribution is 5.95. The van der Waals surface area contributed by atoms with Crippen LogP contribution in [0, 0.1) is 11.3 Å². The summed E-state index contributed by atoms with van der Waals surface area (Å²) in [5.74, 6) is 0.884. The molecule has 178 valence electrons. The van der Waals surface area contributed by atoms with E-state index >= 15 is 0 Å². The van der Waals surface area contributed by atoms with Crippen LogP contribution in [0.25, 0.3) is 22.0 Å². The number of aromatic nitrogens is 1. The molecule has 0 N–H and O–H groups in total. The third-order valence-electron chi connectivity index (χ3n) is 7.31. The van der Waals surface area contributed by atoms with Crippen molar-refractivity contribution in [3.63, 3.8) is 0 Å². The molecule has 0 amide bonds. The molecular weight excluding hydrogens is 432 g/mol. The van der Waals surface area contributed by atoms with Crippen LogP contribution in [0.15, 0.2) is 83.4 Å². The molecule has 0 unspecified atom stereocenters. The minimum absolute atomic E-state index is 0.331. The normalized spacial score (nSPS) is 15.9. The summed E-state index contributed by atoms with van der Waals surface area (Å²) in [7, 11) is 2.13. The van der Waals surface area contributed by atoms with Gasteiger partial charge >= 0.3 is 0 Å². The van der Waals surface area contributed by atoms with Crippen LogP contribution in [0.4, 0.5) is 0 Å². The Balaban J connectivity index is 1.11. The van der Waals surface area contributed by atoms with Crippen LogP contribution < -0.4 is 0 Å². The average Bonchev–Trinajstić information content (AvgIpc) is 3.37. The Morgan fingerprint density at radius 2 is 1.74 bits per heavy atom. The summed E-state index contributed by atoms with van der Waals surface area (Å²) in [4.78, 5) is 4.79. The monoisotopic (exact) mass is 464 g/mol. The van der Waals surface area contributed by atoms with Gasteiger partial charge in [0.1, 0.15) is 5.69 Å². The number of nitrogens with zero attached hydrogens (tertiary/aromatic N) is 4. The van der Waals surface area contributed by atoms with Crippen molar-refractivity contribution in [3.8, 4) is 17.3 Å². The number of nitriles is 1. The molecule has 0 bridgehead atoms. The van der Waals surface area contributed by atoms with E-state index in [1.807, 2.05) is 18.2 Å². The summed E-state index contributed by atoms with van der Waals surface area (Å²) >= 11 is 0. The molecule has 0 atom stereocenters. The Hall–Kier alpha value is -3.46. The summed E-state index contributed by atoms with van der Waals surface area (Å²) < 4.78 is 5.68. The zero-order valence-electron chi connectivity index (χ0n) is 20.4. The van der Waals surface area contributed by atoms with Crippen molar-refractivity contribution >= 4 is 10.8 Å². The van der Waals surface area contributed by atoms with Crippen molar-refractivity contribution in [2.75, 3.05) is 33.2 Å². The first-order chi connectivity index (χ1) is 17.2. The van der Waals surface area contributed by atoms with Crippen LogP contribution in [-0.2, 0) is 12.0 Å². The maximum atomic E-state index is 9.91. The van der Waals surface area contributed by atoms with Crippen molar-refractivity contribution in [1.82, 2.24) is 15.0 Å². The smallest absolute Gasteiger partial charge is 0.151 e. The van der Waals surface area contributed by atoms with Gasteiger partial charge in [0, 0.05) is 11.6 Å². The summed E-state index contributed by atoms with van der Waals surface area (Å²) in [6.07, 6.45) is 2.89. The summed E-state index contributed by atoms with van der Waals surface area (Å²) in [6.45, 7) is 4.73. The van der Waals surface area contributed by atoms with Crippen LogP contribution in [0.3, 0.4) is 0 Å². The van der Waals surface area contributed by atoms with Crippen LogP contribution in [-0.4, -0.2) is 48.2 Å². The van der Waals surface area contributed by atoms with Gasteiger partial charge < -0.3 is 9.42 Å². The second-order valence-electron chi connectivity index (χ2n) is 9.70. The van der Waals surface area contributed by atoms with Gasteiger partial charge in [0.25, 0.3) is 0 Å². The van der Waals surface area contributed by atoms with E-state index in [0.717, 1.165) is 74.6 Å². The van der Waals surface area contributed by atoms with E-state index in [9.17, 15) is 5.26 Å². The molecule has 1 aliphatic rings. The third-order valence-corrected chi connectivity index (χ3v) is 7.31. The molecule has 1 saturated heterocycles. The highest BCUT2D eigenvalue weighted by Gasteiger charge is 2.36. The Labute approximate surface area is 207 Å². The highest BCUT2D eigenvalue weighted by Crippen LogP contribution is 2.35. The molecule has 2 heterocycles. The van der Waals surface area contributed by atoms with Gasteiger partial charge in [-0.3, -0.25) is 4.90 Å². The molecule has 5 rings (SSSR count). The summed E-state index contributed by atoms with van der Waals surface area (Å²) in [5.41, 5.74) is 2.83. The molecule has 5 heteroatoms. The largest absolute Gasteiger partial charge is 0.359 e. The molecule has 1 aliphatic heterocycles. The van der Waals surface area contributed by atoms with E-state index in [2.05, 4.69) is 88.7 Å². The maximum Gasteiger partial charge on any atom is 0.151 e. The van der Waals surface area contributed by atoms with E-state index < -0.39 is 0 Å². The van der Waals surface area contributed by atoms with Crippen molar-refractivity contribution in [2.24, 2.45) is 0 Å². The number of likely N-dealkylation sites (tertiary alicyclic amines) is 1. The fraction of sp³-hybridized carbons (Fsp3) is 0.333. The SMILES string of the molecule is CN(CCCN1CCC(C#N)(c2ccccc2)CC1)Cc1cc(-c2cccc3ccccc23)no1. The average molecular weight is 465 g/mol. The quantitative estimate of drug-likeness (QED) is 0.326. The van der Waals surface area contributed by atoms with Crippen molar-refractivity contribution in [1.29, 1.82) is 5.26 Å². The molecule has 1 aromatic heterocycles. The van der Waals surface area contributed by atoms with E-state index in [-0.39, 0.29) is 5.41 Å². The lowest BCUT2D eigenvalue weighted by Gasteiger charge is -2.37. The van der Waals surface area contributed by atoms with Crippen LogP contribution in [0.1, 0.15) is 30.6 Å². The Morgan fingerprint density at radius 3 is 2.54 bits per heavy atom. The van der Waals surface area contributed by atoms with E-state index in [4.69, 9.17) is 4.52 Å². The van der Waals surface area contributed by atoms with Gasteiger partial charge in [-0.2, -0.15) is 5.26 Å². The molecule has 0 radical (unpaired) electrons. The zero-order valence-corrected chi connectivity index (χ0v) is 20.4. The first kappa shape index (κ1) is 23.3. The van der Waals surface area contributed by atoms with Crippen LogP contribution in [0.2, 0.25) is 0 Å². The second kappa shape index (κ2) is 10.4. The molecular formula is C30H32N4O. The maximum absolute atomic E-state index is 9.91. The number of hydrogen-bond acceptors (Lipinski definition) is 5. The molecule has 0 saturated carbocycles. The topological polar surface area (TPSA) is 56.3 Å². The summed E-state index contributed by atoms with van der Waals surface area (Å²) in [6, 6.07) is 29.7. The second-order valence-corrected chi connectivity index (χ2v) is 9.70. The predicted molar refractivity (Wildman–Crippen MR) is 140 cm³/mol. The molecule has 5 nitrogen and oxygen atoms in total. The zero-order chi connectivity index (χ0) is 24.1. The standard InChI is InChI=1S/C30H32N4O/c1-33(17-8-18-34-19-15-30(23-31,16-20-34)25-11-3-2-4-12-25)22-26-21-29(32-35-26)28-14-7-10-24-9-5-6-13-27(24)28/h2-7,9-14,21H,8,15-20,22H2,1H3. The minimum Gasteiger partial charge on any atom is -0.359 e. The van der Waals surface area contributed by atoms with Crippen LogP contribution >= 0.6 is 0 Å². The van der Waals surface area contributed by atoms with E-state index in [1.165, 1.54) is 10.8 Å². The summed E-state index contributed by atoms with van der Waals surface area (Å²) in [5, 5.41) is 16.7. The van der Waals surface area contributed by atoms with Crippen molar-refractivity contribution < 1.29 is 4.52 Å². The third kappa shape index (κ3) is 5.14. The molecule has 3 aromatic carbocycles. The number of piperidine rings is 1. The lowest BCUT2D eigenvalue weighted by atomic mass is 9.74. The number of rotatable bonds is 8. The number of benzene rings is 3. The lowest BCUT2D eigenvalue weighted by Crippen LogP contribution is -2.42. The first-order valence-corrected chi connectivity index (χ1v) is 12.5. The molecule has 1 fully saturated rings. The van der Waals surface area contributed by atoms with Gasteiger partial charge in [0.15, 0.2) is 5.76 Å². The molecule has 4 aromatic rings. The van der Waals surface area contributed by atoms with E-state index in [1.54, 1.807) is 0 Å². The predicted octanol–water partition coefficient (Wildman–Crippen LogP) is 5.87. The molecule has 35 heavy (non-hydrogen) atoms. The van der Waals surface area contributed by atoms with Gasteiger partial charge in [-0.1, -0.05) is 78.0 Å². The number of fused-ring (bicyclic) bond motifs is 1. The van der Waals surface area contributed by atoms with Gasteiger partial charge in [-0.25, -0.2) is 0 Å². The fourth-order valence-corrected chi connectivity index (χ4v) is 5.25. The first-order valence-electron chi connectivity index (χ1n) is 12.5. The van der Waals surface area contributed by atoms with E-state index in [0.29, 0.717) is 0 Å². The van der Waals surface area contributed by atoms with Gasteiger partial charge in [0.2, 0.25) is 0 Å². The number of hydrogen-bond donors (Lipinski definition) is 0. The fourth-order valence-electron chi connectivity index (χ4n) is 5.25. The minimum atomic E-state index is -0.331. The highest BCUT2D eigenvalue weighted by atomic mass is 16.5. The van der Waals surface area contributed by atoms with Gasteiger partial charge in [-0.15, -0.1) is 0 Å². The Kier molecular flexibility index (Phi) is 6.94. The Bertz CT molecular complexity index is 1290. The van der Waals surface area contributed by atoms with Crippen molar-refractivity contribution in [3.05, 3.63) is 90.2 Å². The van der Waals surface area contributed by atoms with Gasteiger partial charge in [-0.05, 0) is 68.8 Å². The van der Waals surface area contributed by atoms with Gasteiger partial charge in [0.05, 0.1) is 18.0 Å². The van der Waals surface area contributed by atoms with Crippen molar-refractivity contribution in [2.45, 2.75) is 31.2 Å². The lowest BCUT2D eigenvalue weighted by molar-refractivity contribution is 0.174. The van der Waals surface area contributed by atoms with Crippen LogP contribution in [0.5, 0.6) is 0 Å². The Morgan fingerprint density at radius 1 is 1.00 bits per heavy atom. The molecule has 0 spiro atoms. The molecule has 0 aliphatic carbocycles.